The van der Waals surface area contributed by atoms with Crippen LogP contribution < -0.4 is 10.2 Å². The first-order valence-corrected chi connectivity index (χ1v) is 11.3. The molecule has 1 aromatic rings. The summed E-state index contributed by atoms with van der Waals surface area (Å²) in [6, 6.07) is 7.84. The van der Waals surface area contributed by atoms with Gasteiger partial charge in [-0.25, -0.2) is 14.0 Å². The number of alkyl halides is 6. The number of carboxylic acids is 2. The molecular weight excluding hydrogens is 517 g/mol. The third-order valence-corrected chi connectivity index (χ3v) is 5.12. The van der Waals surface area contributed by atoms with Crippen LogP contribution in [-0.4, -0.2) is 70.4 Å². The Hall–Kier alpha value is -2.61. The summed E-state index contributed by atoms with van der Waals surface area (Å²) in [4.78, 5) is 20.1. The van der Waals surface area contributed by atoms with Crippen molar-refractivity contribution >= 4 is 17.6 Å². The van der Waals surface area contributed by atoms with Crippen molar-refractivity contribution in [3.63, 3.8) is 0 Å². The fourth-order valence-electron chi connectivity index (χ4n) is 3.28. The molecule has 0 spiro atoms. The number of piperidine rings is 1. The van der Waals surface area contributed by atoms with Gasteiger partial charge in [0.15, 0.2) is 0 Å². The summed E-state index contributed by atoms with van der Waals surface area (Å²) >= 11 is 0. The van der Waals surface area contributed by atoms with Gasteiger partial charge in [0.25, 0.3) is 0 Å². The molecule has 37 heavy (non-hydrogen) atoms. The first-order chi connectivity index (χ1) is 16.7. The molecule has 1 atom stereocenters. The number of carboxylic acid groups (broad SMARTS) is 2. The Morgan fingerprint density at radius 2 is 1.38 bits per heavy atom. The highest BCUT2D eigenvalue weighted by molar-refractivity contribution is 5.73. The number of aliphatic carboxylic acids is 2. The minimum atomic E-state index is -5.08. The zero-order valence-corrected chi connectivity index (χ0v) is 20.7. The number of nitrogens with one attached hydrogen (secondary N) is 1. The van der Waals surface area contributed by atoms with Crippen molar-refractivity contribution < 1.29 is 55.6 Å². The number of anilines is 1. The van der Waals surface area contributed by atoms with E-state index in [2.05, 4.69) is 17.1 Å². The molecule has 0 aliphatic carbocycles. The molecule has 14 heteroatoms. The second-order valence-electron chi connectivity index (χ2n) is 9.12. The summed E-state index contributed by atoms with van der Waals surface area (Å²) in [7, 11) is 0. The fourth-order valence-corrected chi connectivity index (χ4v) is 3.28. The van der Waals surface area contributed by atoms with E-state index in [1.807, 2.05) is 26.0 Å². The van der Waals surface area contributed by atoms with Crippen LogP contribution in [0.15, 0.2) is 24.3 Å². The zero-order valence-electron chi connectivity index (χ0n) is 20.7. The topological polar surface area (TPSA) is 110 Å². The lowest BCUT2D eigenvalue weighted by molar-refractivity contribution is -0.193. The van der Waals surface area contributed by atoms with E-state index in [0.29, 0.717) is 12.1 Å². The van der Waals surface area contributed by atoms with E-state index in [9.17, 15) is 35.8 Å². The molecule has 4 N–H and O–H groups in total. The molecule has 7 nitrogen and oxygen atoms in total. The van der Waals surface area contributed by atoms with Gasteiger partial charge in [-0.15, -0.1) is 0 Å². The van der Waals surface area contributed by atoms with Crippen LogP contribution in [0, 0.1) is 5.82 Å². The molecule has 2 rings (SSSR count). The van der Waals surface area contributed by atoms with Gasteiger partial charge in [0.2, 0.25) is 0 Å². The molecule has 1 saturated heterocycles. The van der Waals surface area contributed by atoms with E-state index in [1.165, 1.54) is 12.1 Å². The van der Waals surface area contributed by atoms with Crippen LogP contribution in [0.1, 0.15) is 52.9 Å². The van der Waals surface area contributed by atoms with Crippen molar-refractivity contribution in [1.29, 1.82) is 0 Å². The van der Waals surface area contributed by atoms with Crippen LogP contribution in [0.25, 0.3) is 0 Å². The summed E-state index contributed by atoms with van der Waals surface area (Å²) in [5.41, 5.74) is 0.559. The highest BCUT2D eigenvalue weighted by atomic mass is 19.4. The maximum absolute atomic E-state index is 13.0. The highest BCUT2D eigenvalue weighted by Crippen LogP contribution is 2.21. The number of benzene rings is 1. The molecule has 1 fully saturated rings. The maximum Gasteiger partial charge on any atom is 0.490 e. The number of aliphatic hydroxyl groups is 1. The van der Waals surface area contributed by atoms with E-state index in [-0.39, 0.29) is 5.82 Å². The quantitative estimate of drug-likeness (QED) is 0.355. The lowest BCUT2D eigenvalue weighted by atomic mass is 9.98. The monoisotopic (exact) mass is 550 g/mol. The summed E-state index contributed by atoms with van der Waals surface area (Å²) in [6.45, 7) is 8.00. The number of carbonyl (C=O) groups is 2. The summed E-state index contributed by atoms with van der Waals surface area (Å²) in [6.07, 6.45) is -4.93. The number of hydrogen-bond acceptors (Lipinski definition) is 5. The largest absolute Gasteiger partial charge is 0.490 e. The van der Waals surface area contributed by atoms with Gasteiger partial charge >= 0.3 is 24.3 Å². The molecule has 1 unspecified atom stereocenters. The van der Waals surface area contributed by atoms with E-state index in [4.69, 9.17) is 19.8 Å². The van der Waals surface area contributed by atoms with Gasteiger partial charge in [-0.2, -0.15) is 26.3 Å². The molecule has 0 amide bonds. The third-order valence-electron chi connectivity index (χ3n) is 5.12. The number of hydrogen-bond donors (Lipinski definition) is 4. The Labute approximate surface area is 210 Å². The fraction of sp³-hybridized carbons (Fsp3) is 0.652. The molecule has 0 aromatic heterocycles. The van der Waals surface area contributed by atoms with Crippen molar-refractivity contribution in [2.24, 2.45) is 0 Å². The Morgan fingerprint density at radius 3 is 1.73 bits per heavy atom. The lowest BCUT2D eigenvalue weighted by Crippen LogP contribution is -2.45. The van der Waals surface area contributed by atoms with Crippen molar-refractivity contribution in [2.45, 2.75) is 82.9 Å². The second kappa shape index (κ2) is 15.0. The van der Waals surface area contributed by atoms with Gasteiger partial charge in [-0.05, 0) is 77.1 Å². The molecule has 0 saturated carbocycles. The first-order valence-electron chi connectivity index (χ1n) is 11.3. The van der Waals surface area contributed by atoms with Crippen LogP contribution in [0.2, 0.25) is 0 Å². The maximum atomic E-state index is 13.0. The lowest BCUT2D eigenvalue weighted by Gasteiger charge is -2.35. The van der Waals surface area contributed by atoms with Crippen molar-refractivity contribution in [3.8, 4) is 0 Å². The smallest absolute Gasteiger partial charge is 0.475 e. The molecule has 0 bridgehead atoms. The molecule has 1 aliphatic heterocycles. The highest BCUT2D eigenvalue weighted by Gasteiger charge is 2.38. The Kier molecular flexibility index (Phi) is 13.9. The van der Waals surface area contributed by atoms with Gasteiger partial charge in [-0.3, -0.25) is 0 Å². The minimum absolute atomic E-state index is 0.176. The molecule has 1 heterocycles. The van der Waals surface area contributed by atoms with Crippen LogP contribution in [-0.2, 0) is 9.59 Å². The normalized spacial score (nSPS) is 15.6. The van der Waals surface area contributed by atoms with Crippen LogP contribution >= 0.6 is 0 Å². The number of halogens is 7. The molecular formula is C23H33F7N2O5. The molecule has 1 aliphatic rings. The Balaban J connectivity index is 0.000000761. The zero-order chi connectivity index (χ0) is 29.0. The standard InChI is InChI=1S/C19H31FN2O.2C2HF3O2/c1-15(5-4-12-19(2,3)23)21-17-10-13-22(14-11-17)18-8-6-16(20)7-9-18;2*3-2(4,5)1(6)7/h6-9,15,17,21,23H,4-5,10-14H2,1-3H3;2*(H,6,7). The van der Waals surface area contributed by atoms with Gasteiger partial charge in [-0.1, -0.05) is 0 Å². The average molecular weight is 551 g/mol. The van der Waals surface area contributed by atoms with Gasteiger partial charge in [0, 0.05) is 30.9 Å². The summed E-state index contributed by atoms with van der Waals surface area (Å²) < 4.78 is 76.5. The first kappa shape index (κ1) is 34.4. The predicted octanol–water partition coefficient (Wildman–Crippen LogP) is 4.98. The van der Waals surface area contributed by atoms with Gasteiger partial charge in [0.1, 0.15) is 5.82 Å². The predicted molar refractivity (Wildman–Crippen MR) is 122 cm³/mol. The van der Waals surface area contributed by atoms with E-state index in [1.54, 1.807) is 0 Å². The van der Waals surface area contributed by atoms with E-state index < -0.39 is 29.9 Å². The molecule has 1 aromatic carbocycles. The van der Waals surface area contributed by atoms with Crippen LogP contribution in [0.5, 0.6) is 0 Å². The molecule has 214 valence electrons. The minimum Gasteiger partial charge on any atom is -0.475 e. The number of nitrogens with zero attached hydrogens (tertiary/aromatic N) is 1. The Bertz CT molecular complexity index is 793. The Morgan fingerprint density at radius 1 is 0.973 bits per heavy atom. The third kappa shape index (κ3) is 16.7. The summed E-state index contributed by atoms with van der Waals surface area (Å²) in [5.74, 6) is -5.69. The second-order valence-corrected chi connectivity index (χ2v) is 9.12. The van der Waals surface area contributed by atoms with Crippen LogP contribution in [0.4, 0.5) is 36.4 Å². The average Bonchev–Trinajstić information content (AvgIpc) is 2.73. The van der Waals surface area contributed by atoms with Crippen molar-refractivity contribution in [3.05, 3.63) is 30.1 Å². The van der Waals surface area contributed by atoms with Crippen LogP contribution in [0.3, 0.4) is 0 Å². The van der Waals surface area contributed by atoms with Crippen molar-refractivity contribution in [1.82, 2.24) is 5.32 Å². The molecule has 0 radical (unpaired) electrons. The number of rotatable bonds is 7. The SMILES string of the molecule is CC(CCCC(C)(C)O)NC1CCN(c2ccc(F)cc2)CC1.O=C(O)C(F)(F)F.O=C(O)C(F)(F)F. The van der Waals surface area contributed by atoms with Crippen molar-refractivity contribution in [2.75, 3.05) is 18.0 Å². The van der Waals surface area contributed by atoms with Gasteiger partial charge < -0.3 is 25.5 Å². The van der Waals surface area contributed by atoms with E-state index >= 15 is 0 Å². The summed E-state index contributed by atoms with van der Waals surface area (Å²) in [5, 5.41) is 27.7. The van der Waals surface area contributed by atoms with Gasteiger partial charge in [0.05, 0.1) is 5.60 Å². The van der Waals surface area contributed by atoms with E-state index in [0.717, 1.165) is 50.9 Å².